The number of amides is 1. The second-order valence-corrected chi connectivity index (χ2v) is 6.84. The minimum Gasteiger partial charge on any atom is -0.440 e. The number of carbonyl (C=O) groups excluding carboxylic acids is 1. The van der Waals surface area contributed by atoms with Crippen LogP contribution in [-0.2, 0) is 31.2 Å². The minimum absolute atomic E-state index is 0.142. The second-order valence-electron chi connectivity index (χ2n) is 6.84. The molecule has 6 heteroatoms. The molecule has 0 saturated carbocycles. The van der Waals surface area contributed by atoms with Gasteiger partial charge in [-0.15, -0.1) is 0 Å². The first-order valence-electron chi connectivity index (χ1n) is 8.82. The van der Waals surface area contributed by atoms with E-state index in [2.05, 4.69) is 10.1 Å². The molecule has 1 aliphatic heterocycles. The average molecular weight is 350 g/mol. The predicted molar refractivity (Wildman–Crippen MR) is 97.4 cm³/mol. The summed E-state index contributed by atoms with van der Waals surface area (Å²) in [4.78, 5) is 19.1. The number of nitrogens with zero attached hydrogens (tertiary/aromatic N) is 4. The highest BCUT2D eigenvalue weighted by molar-refractivity contribution is 5.79. The molecule has 0 radical (unpaired) electrons. The quantitative estimate of drug-likeness (QED) is 0.729. The molecular formula is C20H22N4O2. The number of carbonyl (C=O) groups is 1. The van der Waals surface area contributed by atoms with E-state index in [1.807, 2.05) is 54.7 Å². The third-order valence-electron chi connectivity index (χ3n) is 5.02. The Kier molecular flexibility index (Phi) is 4.11. The van der Waals surface area contributed by atoms with Crippen LogP contribution in [-0.4, -0.2) is 32.1 Å². The van der Waals surface area contributed by atoms with E-state index in [1.54, 1.807) is 6.20 Å². The largest absolute Gasteiger partial charge is 0.440 e. The van der Waals surface area contributed by atoms with Crippen LogP contribution in [0.25, 0.3) is 11.6 Å². The normalized spacial score (nSPS) is 13.7. The molecule has 134 valence electrons. The molecular weight excluding hydrogens is 328 g/mol. The summed E-state index contributed by atoms with van der Waals surface area (Å²) in [5.41, 5.74) is 5.16. The van der Waals surface area contributed by atoms with Gasteiger partial charge in [0.25, 0.3) is 0 Å². The molecule has 0 spiro atoms. The molecule has 3 aromatic rings. The van der Waals surface area contributed by atoms with Gasteiger partial charge in [-0.3, -0.25) is 9.48 Å². The Bertz CT molecular complexity index is 970. The molecule has 3 heterocycles. The molecule has 0 N–H and O–H groups in total. The van der Waals surface area contributed by atoms with Crippen LogP contribution in [0.1, 0.15) is 28.1 Å². The Labute approximate surface area is 152 Å². The number of fused-ring (bicyclic) bond motifs is 1. The van der Waals surface area contributed by atoms with Crippen LogP contribution in [0.2, 0.25) is 0 Å². The SMILES string of the molecule is Cc1cnc(-c2nn(C)c3c2CN(C(=O)Cc2ccccc2C)CC3)o1. The van der Waals surface area contributed by atoms with Gasteiger partial charge in [-0.05, 0) is 25.0 Å². The van der Waals surface area contributed by atoms with E-state index < -0.39 is 0 Å². The van der Waals surface area contributed by atoms with Crippen LogP contribution < -0.4 is 0 Å². The van der Waals surface area contributed by atoms with Gasteiger partial charge in [-0.1, -0.05) is 24.3 Å². The number of hydrogen-bond donors (Lipinski definition) is 0. The zero-order valence-corrected chi connectivity index (χ0v) is 15.3. The molecule has 0 bridgehead atoms. The van der Waals surface area contributed by atoms with E-state index in [0.29, 0.717) is 25.4 Å². The number of aromatic nitrogens is 3. The van der Waals surface area contributed by atoms with E-state index >= 15 is 0 Å². The van der Waals surface area contributed by atoms with Crippen molar-refractivity contribution in [1.29, 1.82) is 0 Å². The fourth-order valence-electron chi connectivity index (χ4n) is 3.52. The lowest BCUT2D eigenvalue weighted by atomic mass is 10.0. The predicted octanol–water partition coefficient (Wildman–Crippen LogP) is 2.82. The highest BCUT2D eigenvalue weighted by Gasteiger charge is 2.28. The smallest absolute Gasteiger partial charge is 0.247 e. The first-order valence-corrected chi connectivity index (χ1v) is 8.82. The molecule has 1 aromatic carbocycles. The minimum atomic E-state index is 0.142. The molecule has 6 nitrogen and oxygen atoms in total. The number of aryl methyl sites for hydroxylation is 3. The Hall–Kier alpha value is -2.89. The fraction of sp³-hybridized carbons (Fsp3) is 0.350. The number of benzene rings is 1. The zero-order valence-electron chi connectivity index (χ0n) is 15.3. The van der Waals surface area contributed by atoms with Crippen molar-refractivity contribution in [2.45, 2.75) is 33.2 Å². The molecule has 0 atom stereocenters. The second kappa shape index (κ2) is 6.44. The number of rotatable bonds is 3. The van der Waals surface area contributed by atoms with Crippen LogP contribution in [0, 0.1) is 13.8 Å². The first-order chi connectivity index (χ1) is 12.5. The maximum absolute atomic E-state index is 12.8. The van der Waals surface area contributed by atoms with Crippen molar-refractivity contribution in [1.82, 2.24) is 19.7 Å². The topological polar surface area (TPSA) is 64.2 Å². The molecule has 4 rings (SSSR count). The van der Waals surface area contributed by atoms with Gasteiger partial charge >= 0.3 is 0 Å². The third-order valence-corrected chi connectivity index (χ3v) is 5.02. The summed E-state index contributed by atoms with van der Waals surface area (Å²) in [6, 6.07) is 8.04. The monoisotopic (exact) mass is 350 g/mol. The van der Waals surface area contributed by atoms with Crippen molar-refractivity contribution >= 4 is 5.91 Å². The van der Waals surface area contributed by atoms with Gasteiger partial charge < -0.3 is 9.32 Å². The lowest BCUT2D eigenvalue weighted by molar-refractivity contribution is -0.131. The summed E-state index contributed by atoms with van der Waals surface area (Å²) >= 11 is 0. The highest BCUT2D eigenvalue weighted by atomic mass is 16.4. The Balaban J connectivity index is 1.59. The van der Waals surface area contributed by atoms with Gasteiger partial charge in [0.15, 0.2) is 5.69 Å². The van der Waals surface area contributed by atoms with E-state index in [-0.39, 0.29) is 5.91 Å². The van der Waals surface area contributed by atoms with Crippen molar-refractivity contribution in [2.24, 2.45) is 7.05 Å². The van der Waals surface area contributed by atoms with Gasteiger partial charge in [-0.2, -0.15) is 5.10 Å². The maximum atomic E-state index is 12.8. The molecule has 0 aliphatic carbocycles. The van der Waals surface area contributed by atoms with Crippen LogP contribution in [0.3, 0.4) is 0 Å². The van der Waals surface area contributed by atoms with Crippen LogP contribution in [0.5, 0.6) is 0 Å². The molecule has 1 aliphatic rings. The molecule has 0 fully saturated rings. The van der Waals surface area contributed by atoms with E-state index in [9.17, 15) is 4.79 Å². The summed E-state index contributed by atoms with van der Waals surface area (Å²) < 4.78 is 7.55. The first kappa shape index (κ1) is 16.6. The van der Waals surface area contributed by atoms with Gasteiger partial charge in [0.1, 0.15) is 5.76 Å². The summed E-state index contributed by atoms with van der Waals surface area (Å²) in [5, 5.41) is 4.59. The average Bonchev–Trinajstić information content (AvgIpc) is 3.20. The molecule has 0 saturated heterocycles. The van der Waals surface area contributed by atoms with Crippen molar-refractivity contribution in [3.63, 3.8) is 0 Å². The fourth-order valence-corrected chi connectivity index (χ4v) is 3.52. The number of oxazole rings is 1. The van der Waals surface area contributed by atoms with Gasteiger partial charge in [-0.25, -0.2) is 4.98 Å². The van der Waals surface area contributed by atoms with E-state index in [4.69, 9.17) is 4.42 Å². The van der Waals surface area contributed by atoms with Crippen LogP contribution in [0.4, 0.5) is 0 Å². The summed E-state index contributed by atoms with van der Waals surface area (Å²) in [6.07, 6.45) is 2.91. The summed E-state index contributed by atoms with van der Waals surface area (Å²) in [7, 11) is 1.93. The Morgan fingerprint density at radius 1 is 1.27 bits per heavy atom. The van der Waals surface area contributed by atoms with Gasteiger partial charge in [0.05, 0.1) is 12.6 Å². The van der Waals surface area contributed by atoms with E-state index in [1.165, 1.54) is 0 Å². The summed E-state index contributed by atoms with van der Waals surface area (Å²) in [6.45, 7) is 5.16. The maximum Gasteiger partial charge on any atom is 0.247 e. The van der Waals surface area contributed by atoms with Gasteiger partial charge in [0.2, 0.25) is 11.8 Å². The Morgan fingerprint density at radius 2 is 2.08 bits per heavy atom. The lowest BCUT2D eigenvalue weighted by Crippen LogP contribution is -2.37. The van der Waals surface area contributed by atoms with Crippen molar-refractivity contribution < 1.29 is 9.21 Å². The molecule has 26 heavy (non-hydrogen) atoms. The van der Waals surface area contributed by atoms with Crippen LogP contribution in [0.15, 0.2) is 34.9 Å². The zero-order chi connectivity index (χ0) is 18.3. The highest BCUT2D eigenvalue weighted by Crippen LogP contribution is 2.29. The van der Waals surface area contributed by atoms with Gasteiger partial charge in [0, 0.05) is 37.8 Å². The lowest BCUT2D eigenvalue weighted by Gasteiger charge is -2.28. The molecule has 2 aromatic heterocycles. The number of hydrogen-bond acceptors (Lipinski definition) is 4. The van der Waals surface area contributed by atoms with E-state index in [0.717, 1.165) is 40.3 Å². The van der Waals surface area contributed by atoms with Crippen molar-refractivity contribution in [3.8, 4) is 11.6 Å². The van der Waals surface area contributed by atoms with Crippen LogP contribution >= 0.6 is 0 Å². The standard InChI is InChI=1S/C20H22N4O2/c1-13-6-4-5-7-15(13)10-18(25)24-9-8-17-16(12-24)19(22-23(17)3)20-21-11-14(2)26-20/h4-7,11H,8-10,12H2,1-3H3. The van der Waals surface area contributed by atoms with Crippen molar-refractivity contribution in [2.75, 3.05) is 6.54 Å². The Morgan fingerprint density at radius 3 is 2.81 bits per heavy atom. The molecule has 1 amide bonds. The summed E-state index contributed by atoms with van der Waals surface area (Å²) in [5.74, 6) is 1.42. The molecule has 0 unspecified atom stereocenters. The third kappa shape index (κ3) is 2.92. The van der Waals surface area contributed by atoms with Crippen molar-refractivity contribution in [3.05, 3.63) is 58.6 Å².